The molecular formula is C16H25ClN2O. The summed E-state index contributed by atoms with van der Waals surface area (Å²) >= 11 is 6.00. The van der Waals surface area contributed by atoms with Crippen molar-refractivity contribution in [3.05, 3.63) is 34.9 Å². The molecule has 1 aromatic carbocycles. The van der Waals surface area contributed by atoms with Gasteiger partial charge in [0.15, 0.2) is 0 Å². The van der Waals surface area contributed by atoms with Gasteiger partial charge in [-0.15, -0.1) is 0 Å². The quantitative estimate of drug-likeness (QED) is 0.837. The number of hydrogen-bond acceptors (Lipinski definition) is 2. The minimum absolute atomic E-state index is 0.164. The zero-order chi connectivity index (χ0) is 15.1. The summed E-state index contributed by atoms with van der Waals surface area (Å²) in [5.41, 5.74) is 6.75. The maximum atomic E-state index is 12.4. The summed E-state index contributed by atoms with van der Waals surface area (Å²) < 4.78 is 0. The van der Waals surface area contributed by atoms with Crippen molar-refractivity contribution in [2.24, 2.45) is 11.7 Å². The number of nitrogens with zero attached hydrogens (tertiary/aromatic N) is 1. The van der Waals surface area contributed by atoms with Gasteiger partial charge in [-0.05, 0) is 44.0 Å². The molecular weight excluding hydrogens is 272 g/mol. The molecule has 0 aliphatic carbocycles. The Balaban J connectivity index is 2.76. The molecule has 1 atom stereocenters. The molecule has 1 aromatic rings. The van der Waals surface area contributed by atoms with E-state index in [1.165, 1.54) is 0 Å². The second-order valence-corrected chi connectivity index (χ2v) is 5.90. The lowest BCUT2D eigenvalue weighted by molar-refractivity contribution is -0.134. The molecule has 0 spiro atoms. The van der Waals surface area contributed by atoms with E-state index in [1.807, 2.05) is 43.0 Å². The predicted octanol–water partition coefficient (Wildman–Crippen LogP) is 3.45. The van der Waals surface area contributed by atoms with Gasteiger partial charge < -0.3 is 10.6 Å². The van der Waals surface area contributed by atoms with Gasteiger partial charge >= 0.3 is 0 Å². The minimum atomic E-state index is 0.164. The maximum Gasteiger partial charge on any atom is 0.223 e. The third-order valence-corrected chi connectivity index (χ3v) is 3.79. The van der Waals surface area contributed by atoms with Crippen molar-refractivity contribution in [2.45, 2.75) is 46.2 Å². The molecule has 0 saturated heterocycles. The molecule has 1 rings (SSSR count). The van der Waals surface area contributed by atoms with E-state index in [0.717, 1.165) is 12.0 Å². The smallest absolute Gasteiger partial charge is 0.223 e. The van der Waals surface area contributed by atoms with E-state index in [9.17, 15) is 4.79 Å². The van der Waals surface area contributed by atoms with E-state index >= 15 is 0 Å². The first-order chi connectivity index (χ1) is 9.47. The minimum Gasteiger partial charge on any atom is -0.336 e. The summed E-state index contributed by atoms with van der Waals surface area (Å²) in [7, 11) is 0. The Morgan fingerprint density at radius 1 is 1.40 bits per heavy atom. The molecule has 0 fully saturated rings. The normalized spacial score (nSPS) is 12.5. The first kappa shape index (κ1) is 17.0. The molecule has 3 nitrogen and oxygen atoms in total. The van der Waals surface area contributed by atoms with E-state index in [0.29, 0.717) is 24.5 Å². The van der Waals surface area contributed by atoms with E-state index in [4.69, 9.17) is 17.3 Å². The number of nitrogens with two attached hydrogens (primary N) is 1. The van der Waals surface area contributed by atoms with Gasteiger partial charge in [0.2, 0.25) is 5.91 Å². The van der Waals surface area contributed by atoms with Crippen molar-refractivity contribution in [3.8, 4) is 0 Å². The lowest BCUT2D eigenvalue weighted by atomic mass is 10.0. The Hall–Kier alpha value is -1.06. The molecule has 0 aromatic heterocycles. The van der Waals surface area contributed by atoms with Crippen molar-refractivity contribution in [2.75, 3.05) is 6.54 Å². The number of halogens is 1. The second-order valence-electron chi connectivity index (χ2n) is 5.46. The fourth-order valence-electron chi connectivity index (χ4n) is 2.15. The van der Waals surface area contributed by atoms with Crippen LogP contribution < -0.4 is 5.73 Å². The second kappa shape index (κ2) is 8.28. The predicted molar refractivity (Wildman–Crippen MR) is 84.6 cm³/mol. The van der Waals surface area contributed by atoms with Gasteiger partial charge in [0.05, 0.1) is 0 Å². The van der Waals surface area contributed by atoms with Crippen LogP contribution in [0, 0.1) is 5.92 Å². The molecule has 1 unspecified atom stereocenters. The largest absolute Gasteiger partial charge is 0.336 e. The van der Waals surface area contributed by atoms with Crippen LogP contribution in [0.15, 0.2) is 24.3 Å². The number of benzene rings is 1. The van der Waals surface area contributed by atoms with E-state index in [2.05, 4.69) is 6.92 Å². The summed E-state index contributed by atoms with van der Waals surface area (Å²) in [6.07, 6.45) is 1.46. The molecule has 20 heavy (non-hydrogen) atoms. The summed E-state index contributed by atoms with van der Waals surface area (Å²) in [6, 6.07) is 7.82. The van der Waals surface area contributed by atoms with Crippen LogP contribution in [0.4, 0.5) is 0 Å². The molecule has 1 amide bonds. The van der Waals surface area contributed by atoms with Crippen LogP contribution in [0.2, 0.25) is 5.02 Å². The average molecular weight is 297 g/mol. The highest BCUT2D eigenvalue weighted by molar-refractivity contribution is 6.30. The molecule has 2 N–H and O–H groups in total. The number of carbonyl (C=O) groups excluding carboxylic acids is 1. The van der Waals surface area contributed by atoms with Gasteiger partial charge in [-0.2, -0.15) is 0 Å². The maximum absolute atomic E-state index is 12.4. The molecule has 0 saturated carbocycles. The van der Waals surface area contributed by atoms with Crippen LogP contribution in [0.5, 0.6) is 0 Å². The Morgan fingerprint density at radius 3 is 2.60 bits per heavy atom. The monoisotopic (exact) mass is 296 g/mol. The van der Waals surface area contributed by atoms with Crippen LogP contribution in [0.3, 0.4) is 0 Å². The van der Waals surface area contributed by atoms with Gasteiger partial charge in [-0.25, -0.2) is 0 Å². The molecule has 0 heterocycles. The lowest BCUT2D eigenvalue weighted by Gasteiger charge is -2.28. The SMILES string of the molecule is CCC(CN)CC(=O)N(Cc1cccc(Cl)c1)C(C)C. The van der Waals surface area contributed by atoms with Crippen LogP contribution in [-0.4, -0.2) is 23.4 Å². The van der Waals surface area contributed by atoms with Gasteiger partial charge in [0.25, 0.3) is 0 Å². The van der Waals surface area contributed by atoms with Gasteiger partial charge in [-0.1, -0.05) is 37.1 Å². The standard InChI is InChI=1S/C16H25ClN2O/c1-4-13(10-18)9-16(20)19(12(2)3)11-14-6-5-7-15(17)8-14/h5-8,12-13H,4,9-11,18H2,1-3H3. The molecule has 0 aliphatic rings. The fourth-order valence-corrected chi connectivity index (χ4v) is 2.36. The number of rotatable bonds is 7. The highest BCUT2D eigenvalue weighted by Gasteiger charge is 2.20. The number of amides is 1. The Bertz CT molecular complexity index is 430. The zero-order valence-corrected chi connectivity index (χ0v) is 13.4. The topological polar surface area (TPSA) is 46.3 Å². The Labute approximate surface area is 127 Å². The fraction of sp³-hybridized carbons (Fsp3) is 0.562. The van der Waals surface area contributed by atoms with Gasteiger partial charge in [-0.3, -0.25) is 4.79 Å². The van der Waals surface area contributed by atoms with E-state index in [1.54, 1.807) is 0 Å². The number of hydrogen-bond donors (Lipinski definition) is 1. The van der Waals surface area contributed by atoms with Crippen molar-refractivity contribution in [1.29, 1.82) is 0 Å². The first-order valence-electron chi connectivity index (χ1n) is 7.21. The lowest BCUT2D eigenvalue weighted by Crippen LogP contribution is -2.38. The summed E-state index contributed by atoms with van der Waals surface area (Å²) in [4.78, 5) is 14.3. The average Bonchev–Trinajstić information content (AvgIpc) is 2.41. The summed E-state index contributed by atoms with van der Waals surface area (Å²) in [5.74, 6) is 0.431. The summed E-state index contributed by atoms with van der Waals surface area (Å²) in [6.45, 7) is 7.29. The van der Waals surface area contributed by atoms with Crippen LogP contribution in [0.25, 0.3) is 0 Å². The summed E-state index contributed by atoms with van der Waals surface area (Å²) in [5, 5.41) is 0.701. The van der Waals surface area contributed by atoms with Crippen molar-refractivity contribution in [1.82, 2.24) is 4.90 Å². The highest BCUT2D eigenvalue weighted by Crippen LogP contribution is 2.17. The number of carbonyl (C=O) groups is 1. The molecule has 0 aliphatic heterocycles. The van der Waals surface area contributed by atoms with Crippen molar-refractivity contribution >= 4 is 17.5 Å². The van der Waals surface area contributed by atoms with Crippen molar-refractivity contribution in [3.63, 3.8) is 0 Å². The Kier molecular flexibility index (Phi) is 7.03. The zero-order valence-electron chi connectivity index (χ0n) is 12.6. The molecule has 0 bridgehead atoms. The third kappa shape index (κ3) is 5.14. The highest BCUT2D eigenvalue weighted by atomic mass is 35.5. The third-order valence-electron chi connectivity index (χ3n) is 3.56. The van der Waals surface area contributed by atoms with Gasteiger partial charge in [0, 0.05) is 24.0 Å². The molecule has 112 valence electrons. The van der Waals surface area contributed by atoms with E-state index in [-0.39, 0.29) is 17.9 Å². The van der Waals surface area contributed by atoms with Crippen molar-refractivity contribution < 1.29 is 4.79 Å². The van der Waals surface area contributed by atoms with E-state index < -0.39 is 0 Å². The van der Waals surface area contributed by atoms with Gasteiger partial charge in [0.1, 0.15) is 0 Å². The first-order valence-corrected chi connectivity index (χ1v) is 7.59. The van der Waals surface area contributed by atoms with Crippen LogP contribution >= 0.6 is 11.6 Å². The molecule has 0 radical (unpaired) electrons. The molecule has 4 heteroatoms. The van der Waals surface area contributed by atoms with Crippen LogP contribution in [0.1, 0.15) is 39.2 Å². The Morgan fingerprint density at radius 2 is 2.10 bits per heavy atom. The van der Waals surface area contributed by atoms with Crippen LogP contribution in [-0.2, 0) is 11.3 Å².